The van der Waals surface area contributed by atoms with Crippen molar-refractivity contribution in [2.24, 2.45) is 5.92 Å². The lowest BCUT2D eigenvalue weighted by atomic mass is 9.96. The quantitative estimate of drug-likeness (QED) is 0.674. The van der Waals surface area contributed by atoms with E-state index >= 15 is 0 Å². The van der Waals surface area contributed by atoms with Crippen molar-refractivity contribution in [1.82, 2.24) is 10.6 Å². The molecule has 0 aliphatic carbocycles. The molecule has 1 rings (SSSR count). The van der Waals surface area contributed by atoms with Gasteiger partial charge in [0.1, 0.15) is 5.60 Å². The van der Waals surface area contributed by atoms with E-state index < -0.39 is 11.7 Å². The highest BCUT2D eigenvalue weighted by Gasteiger charge is 2.26. The first-order chi connectivity index (χ1) is 7.92. The minimum absolute atomic E-state index is 0.00940. The van der Waals surface area contributed by atoms with Crippen LogP contribution in [0.5, 0.6) is 0 Å². The van der Waals surface area contributed by atoms with Crippen molar-refractivity contribution in [3.63, 3.8) is 0 Å². The summed E-state index contributed by atoms with van der Waals surface area (Å²) in [5.41, 5.74) is -0.484. The predicted octanol–water partition coefficient (Wildman–Crippen LogP) is 0.872. The van der Waals surface area contributed by atoms with Crippen molar-refractivity contribution in [3.8, 4) is 0 Å². The fourth-order valence-electron chi connectivity index (χ4n) is 1.97. The summed E-state index contributed by atoms with van der Waals surface area (Å²) in [6.07, 6.45) is 1.30. The van der Waals surface area contributed by atoms with Crippen LogP contribution < -0.4 is 10.6 Å². The maximum Gasteiger partial charge on any atom is 0.407 e. The van der Waals surface area contributed by atoms with E-state index in [9.17, 15) is 9.90 Å². The van der Waals surface area contributed by atoms with Gasteiger partial charge >= 0.3 is 6.09 Å². The van der Waals surface area contributed by atoms with Crippen LogP contribution >= 0.6 is 0 Å². The van der Waals surface area contributed by atoms with Gasteiger partial charge in [0.2, 0.25) is 0 Å². The zero-order chi connectivity index (χ0) is 12.9. The molecule has 0 bridgehead atoms. The van der Waals surface area contributed by atoms with Crippen LogP contribution in [0.15, 0.2) is 0 Å². The lowest BCUT2D eigenvalue weighted by Crippen LogP contribution is -2.44. The van der Waals surface area contributed by atoms with Crippen molar-refractivity contribution in [3.05, 3.63) is 0 Å². The van der Waals surface area contributed by atoms with Gasteiger partial charge in [0.25, 0.3) is 0 Å². The van der Waals surface area contributed by atoms with Gasteiger partial charge in [-0.3, -0.25) is 0 Å². The second-order valence-electron chi connectivity index (χ2n) is 5.52. The highest BCUT2D eigenvalue weighted by Crippen LogP contribution is 2.15. The number of rotatable bonds is 2. The molecule has 1 heterocycles. The van der Waals surface area contributed by atoms with E-state index in [2.05, 4.69) is 10.6 Å². The molecule has 0 aromatic rings. The number of ether oxygens (including phenoxy) is 1. The fourth-order valence-corrected chi connectivity index (χ4v) is 1.97. The van der Waals surface area contributed by atoms with E-state index in [-0.39, 0.29) is 18.6 Å². The van der Waals surface area contributed by atoms with Crippen LogP contribution in [0.3, 0.4) is 0 Å². The van der Waals surface area contributed by atoms with Gasteiger partial charge in [-0.15, -0.1) is 0 Å². The summed E-state index contributed by atoms with van der Waals surface area (Å²) < 4.78 is 5.22. The lowest BCUT2D eigenvalue weighted by molar-refractivity contribution is 0.0469. The minimum Gasteiger partial charge on any atom is -0.444 e. The maximum atomic E-state index is 11.7. The molecule has 1 fully saturated rings. The fraction of sp³-hybridized carbons (Fsp3) is 0.917. The van der Waals surface area contributed by atoms with Crippen LogP contribution in [0.25, 0.3) is 0 Å². The van der Waals surface area contributed by atoms with Crippen LogP contribution in [0.4, 0.5) is 4.79 Å². The molecule has 5 nitrogen and oxygen atoms in total. The molecule has 0 aromatic heterocycles. The molecule has 0 saturated carbocycles. The van der Waals surface area contributed by atoms with Gasteiger partial charge in [-0.05, 0) is 46.7 Å². The molecule has 0 unspecified atom stereocenters. The Labute approximate surface area is 103 Å². The first-order valence-electron chi connectivity index (χ1n) is 6.23. The number of carbonyl (C=O) groups is 1. The van der Waals surface area contributed by atoms with E-state index in [4.69, 9.17) is 4.74 Å². The predicted molar refractivity (Wildman–Crippen MR) is 65.8 cm³/mol. The summed E-state index contributed by atoms with van der Waals surface area (Å²) >= 11 is 0. The number of amides is 1. The number of aliphatic hydroxyl groups excluding tert-OH is 1. The van der Waals surface area contributed by atoms with E-state index in [1.165, 1.54) is 0 Å². The number of nitrogens with one attached hydrogen (secondary N) is 2. The third kappa shape index (κ3) is 5.37. The molecule has 5 heteroatoms. The highest BCUT2D eigenvalue weighted by atomic mass is 16.6. The topological polar surface area (TPSA) is 70.6 Å². The van der Waals surface area contributed by atoms with Gasteiger partial charge in [-0.2, -0.15) is 0 Å². The van der Waals surface area contributed by atoms with Gasteiger partial charge < -0.3 is 20.5 Å². The SMILES string of the molecule is CC(C)(C)OC(=O)N[C@@H]1CCNCC[C@@H]1CO. The standard InChI is InChI=1S/C12H24N2O3/c1-12(2,3)17-11(16)14-10-5-7-13-6-4-9(10)8-15/h9-10,13,15H,4-8H2,1-3H3,(H,14,16)/t9-,10-/m1/s1. The van der Waals surface area contributed by atoms with Gasteiger partial charge in [-0.1, -0.05) is 0 Å². The summed E-state index contributed by atoms with van der Waals surface area (Å²) in [6.45, 7) is 7.36. The average Bonchev–Trinajstić information content (AvgIpc) is 2.39. The number of hydrogen-bond donors (Lipinski definition) is 3. The zero-order valence-corrected chi connectivity index (χ0v) is 11.0. The van der Waals surface area contributed by atoms with Gasteiger partial charge in [0, 0.05) is 18.6 Å². The summed E-state index contributed by atoms with van der Waals surface area (Å²) in [5, 5.41) is 15.4. The summed E-state index contributed by atoms with van der Waals surface area (Å²) in [7, 11) is 0. The average molecular weight is 244 g/mol. The number of carbonyl (C=O) groups excluding carboxylic acids is 1. The van der Waals surface area contributed by atoms with Crippen LogP contribution in [0.2, 0.25) is 0 Å². The summed E-state index contributed by atoms with van der Waals surface area (Å²) in [6, 6.07) is -0.00940. The Hall–Kier alpha value is -0.810. The van der Waals surface area contributed by atoms with Gasteiger partial charge in [0.15, 0.2) is 0 Å². The Balaban J connectivity index is 2.49. The Kier molecular flexibility index (Phi) is 5.21. The van der Waals surface area contributed by atoms with Crippen LogP contribution in [0, 0.1) is 5.92 Å². The number of hydrogen-bond acceptors (Lipinski definition) is 4. The molecule has 0 spiro atoms. The van der Waals surface area contributed by atoms with E-state index in [0.717, 1.165) is 25.9 Å². The summed E-state index contributed by atoms with van der Waals surface area (Å²) in [4.78, 5) is 11.7. The molecule has 0 radical (unpaired) electrons. The second-order valence-corrected chi connectivity index (χ2v) is 5.52. The Morgan fingerprint density at radius 3 is 2.65 bits per heavy atom. The van der Waals surface area contributed by atoms with Crippen molar-refractivity contribution in [2.75, 3.05) is 19.7 Å². The Bertz CT molecular complexity index is 251. The third-order valence-electron chi connectivity index (χ3n) is 2.83. The Morgan fingerprint density at radius 1 is 1.41 bits per heavy atom. The molecule has 100 valence electrons. The van der Waals surface area contributed by atoms with Crippen molar-refractivity contribution >= 4 is 6.09 Å². The van der Waals surface area contributed by atoms with Gasteiger partial charge in [-0.25, -0.2) is 4.79 Å². The molecule has 1 amide bonds. The molecule has 1 saturated heterocycles. The maximum absolute atomic E-state index is 11.7. The van der Waals surface area contributed by atoms with E-state index in [1.807, 2.05) is 20.8 Å². The van der Waals surface area contributed by atoms with Gasteiger partial charge in [0.05, 0.1) is 0 Å². The van der Waals surface area contributed by atoms with Crippen molar-refractivity contribution in [1.29, 1.82) is 0 Å². The molecule has 3 N–H and O–H groups in total. The summed E-state index contributed by atoms with van der Waals surface area (Å²) in [5.74, 6) is 0.109. The molecule has 17 heavy (non-hydrogen) atoms. The highest BCUT2D eigenvalue weighted by molar-refractivity contribution is 5.68. The molecule has 1 aliphatic rings. The number of aliphatic hydroxyl groups is 1. The molecule has 1 aliphatic heterocycles. The first kappa shape index (κ1) is 14.3. The Morgan fingerprint density at radius 2 is 2.06 bits per heavy atom. The van der Waals surface area contributed by atoms with Crippen LogP contribution in [0.1, 0.15) is 33.6 Å². The van der Waals surface area contributed by atoms with Crippen molar-refractivity contribution < 1.29 is 14.6 Å². The molecular formula is C12H24N2O3. The third-order valence-corrected chi connectivity index (χ3v) is 2.83. The van der Waals surface area contributed by atoms with E-state index in [1.54, 1.807) is 0 Å². The largest absolute Gasteiger partial charge is 0.444 e. The smallest absolute Gasteiger partial charge is 0.407 e. The van der Waals surface area contributed by atoms with Crippen molar-refractivity contribution in [2.45, 2.75) is 45.3 Å². The zero-order valence-electron chi connectivity index (χ0n) is 11.0. The molecular weight excluding hydrogens is 220 g/mol. The lowest BCUT2D eigenvalue weighted by Gasteiger charge is -2.26. The molecule has 0 aromatic carbocycles. The minimum atomic E-state index is -0.484. The first-order valence-corrected chi connectivity index (χ1v) is 6.23. The monoisotopic (exact) mass is 244 g/mol. The van der Waals surface area contributed by atoms with E-state index in [0.29, 0.717) is 0 Å². The number of alkyl carbamates (subject to hydrolysis) is 1. The normalized spacial score (nSPS) is 26.1. The molecule has 2 atom stereocenters. The van der Waals surface area contributed by atoms with Crippen LogP contribution in [-0.2, 0) is 4.74 Å². The second kappa shape index (κ2) is 6.21. The van der Waals surface area contributed by atoms with Crippen LogP contribution in [-0.4, -0.2) is 42.5 Å².